The number of pyridine rings is 1. The number of aromatic amines is 1. The lowest BCUT2D eigenvalue weighted by Crippen LogP contribution is -2.41. The topological polar surface area (TPSA) is 123 Å². The van der Waals surface area contributed by atoms with Crippen LogP contribution in [-0.4, -0.2) is 21.8 Å². The second kappa shape index (κ2) is 8.40. The Morgan fingerprint density at radius 3 is 2.40 bits per heavy atom. The summed E-state index contributed by atoms with van der Waals surface area (Å²) in [6.07, 6.45) is 0. The normalized spacial score (nSPS) is 11.3. The van der Waals surface area contributed by atoms with E-state index in [4.69, 9.17) is 10.3 Å². The molecule has 4 aromatic heterocycles. The zero-order chi connectivity index (χ0) is 25.0. The predicted molar refractivity (Wildman–Crippen MR) is 136 cm³/mol. The molecule has 1 aromatic carbocycles. The van der Waals surface area contributed by atoms with Crippen LogP contribution >= 0.6 is 22.7 Å². The van der Waals surface area contributed by atoms with Crippen molar-refractivity contribution in [2.45, 2.75) is 27.7 Å². The van der Waals surface area contributed by atoms with Gasteiger partial charge in [0, 0.05) is 38.4 Å². The highest BCUT2D eigenvalue weighted by Crippen LogP contribution is 2.44. The van der Waals surface area contributed by atoms with Gasteiger partial charge < -0.3 is 5.73 Å². The van der Waals surface area contributed by atoms with Crippen molar-refractivity contribution < 1.29 is 18.8 Å². The molecular weight excluding hydrogens is 484 g/mol. The molecule has 0 radical (unpaired) electrons. The van der Waals surface area contributed by atoms with E-state index in [0.717, 1.165) is 26.7 Å². The first-order valence-electron chi connectivity index (χ1n) is 10.7. The van der Waals surface area contributed by atoms with E-state index < -0.39 is 11.4 Å². The van der Waals surface area contributed by atoms with Crippen molar-refractivity contribution in [2.75, 3.05) is 5.73 Å². The Balaban J connectivity index is 1.76. The number of nitrogen functional groups attached to an aromatic ring is 1. The standard InChI is InChI=1S/C25H20N4O4S2/c1-11-5-8-15(9-6-11)29-21(25(32)33-28-29)22(31)23-20(26)19-18(16-10-7-12(2)34-16)17(14(4)30)13(3)27-24(19)35-23/h5-10H,1-4H3,(H2-,26,28,31,32)/p+1. The number of aryl methyl sites for hydroxylation is 3. The zero-order valence-electron chi connectivity index (χ0n) is 19.4. The molecule has 0 spiro atoms. The van der Waals surface area contributed by atoms with Crippen LogP contribution in [0.25, 0.3) is 26.3 Å². The first-order chi connectivity index (χ1) is 16.7. The maximum absolute atomic E-state index is 13.7. The van der Waals surface area contributed by atoms with Gasteiger partial charge in [0.15, 0.2) is 5.78 Å². The van der Waals surface area contributed by atoms with Crippen LogP contribution in [0.5, 0.6) is 0 Å². The fourth-order valence-electron chi connectivity index (χ4n) is 4.13. The number of hydrogen-bond donors (Lipinski definition) is 2. The molecule has 0 bridgehead atoms. The van der Waals surface area contributed by atoms with E-state index in [0.29, 0.717) is 32.7 Å². The van der Waals surface area contributed by atoms with Crippen molar-refractivity contribution >= 4 is 50.1 Å². The Hall–Kier alpha value is -3.89. The van der Waals surface area contributed by atoms with Crippen molar-refractivity contribution in [3.8, 4) is 16.1 Å². The molecule has 0 amide bonds. The van der Waals surface area contributed by atoms with Gasteiger partial charge in [-0.05, 0) is 49.8 Å². The van der Waals surface area contributed by atoms with Gasteiger partial charge in [-0.25, -0.2) is 9.78 Å². The number of ketones is 2. The van der Waals surface area contributed by atoms with E-state index in [9.17, 15) is 14.4 Å². The van der Waals surface area contributed by atoms with E-state index >= 15 is 0 Å². The number of anilines is 1. The number of nitrogens with one attached hydrogen (secondary N) is 1. The molecule has 0 aliphatic heterocycles. The number of Topliss-reactive ketones (excluding diaryl/α,β-unsaturated/α-hetero) is 1. The maximum Gasteiger partial charge on any atom is 0.439 e. The van der Waals surface area contributed by atoms with Gasteiger partial charge >= 0.3 is 11.3 Å². The third-order valence-electron chi connectivity index (χ3n) is 5.76. The number of hydrogen-bond acceptors (Lipinski definition) is 8. The summed E-state index contributed by atoms with van der Waals surface area (Å²) in [5, 5.41) is 3.04. The van der Waals surface area contributed by atoms with Gasteiger partial charge in [0.25, 0.3) is 5.78 Å². The molecule has 0 atom stereocenters. The number of thiophene rings is 2. The molecule has 8 nitrogen and oxygen atoms in total. The number of benzene rings is 1. The monoisotopic (exact) mass is 505 g/mol. The van der Waals surface area contributed by atoms with Crippen LogP contribution < -0.4 is 16.0 Å². The summed E-state index contributed by atoms with van der Waals surface area (Å²) in [4.78, 5) is 46.1. The second-order valence-electron chi connectivity index (χ2n) is 8.27. The quantitative estimate of drug-likeness (QED) is 0.267. The number of fused-ring (bicyclic) bond motifs is 1. The Morgan fingerprint density at radius 1 is 1.06 bits per heavy atom. The van der Waals surface area contributed by atoms with E-state index in [1.807, 2.05) is 38.1 Å². The van der Waals surface area contributed by atoms with Gasteiger partial charge in [-0.1, -0.05) is 17.7 Å². The highest BCUT2D eigenvalue weighted by atomic mass is 32.1. The largest absolute Gasteiger partial charge is 0.439 e. The number of carbonyl (C=O) groups excluding carboxylic acids is 2. The highest BCUT2D eigenvalue weighted by molar-refractivity contribution is 7.21. The van der Waals surface area contributed by atoms with E-state index in [-0.39, 0.29) is 22.0 Å². The van der Waals surface area contributed by atoms with Crippen LogP contribution in [0.2, 0.25) is 0 Å². The van der Waals surface area contributed by atoms with Gasteiger partial charge in [-0.2, -0.15) is 0 Å². The molecule has 0 saturated heterocycles. The van der Waals surface area contributed by atoms with E-state index in [2.05, 4.69) is 10.3 Å². The van der Waals surface area contributed by atoms with E-state index in [1.165, 1.54) is 22.9 Å². The minimum Gasteiger partial charge on any atom is -0.397 e. The lowest BCUT2D eigenvalue weighted by atomic mass is 9.98. The van der Waals surface area contributed by atoms with Crippen LogP contribution in [-0.2, 0) is 0 Å². The average Bonchev–Trinajstić information content (AvgIpc) is 3.50. The first-order valence-corrected chi connectivity index (χ1v) is 12.4. The molecule has 0 aliphatic carbocycles. The summed E-state index contributed by atoms with van der Waals surface area (Å²) < 4.78 is 6.27. The molecule has 176 valence electrons. The lowest BCUT2D eigenvalue weighted by molar-refractivity contribution is -0.672. The molecule has 3 N–H and O–H groups in total. The Kier molecular flexibility index (Phi) is 5.49. The number of nitrogens with zero attached hydrogens (tertiary/aromatic N) is 2. The van der Waals surface area contributed by atoms with Crippen LogP contribution in [0.1, 0.15) is 48.8 Å². The first kappa shape index (κ1) is 22.9. The van der Waals surface area contributed by atoms with Crippen LogP contribution in [0.3, 0.4) is 0 Å². The fraction of sp³-hybridized carbons (Fsp3) is 0.160. The van der Waals surface area contributed by atoms with Gasteiger partial charge in [0.2, 0.25) is 5.69 Å². The van der Waals surface area contributed by atoms with Crippen molar-refractivity contribution in [1.82, 2.24) is 10.3 Å². The molecule has 0 fully saturated rings. The van der Waals surface area contributed by atoms with Crippen LogP contribution in [0.4, 0.5) is 5.69 Å². The number of aromatic nitrogens is 3. The number of H-pyrrole nitrogens is 1. The second-order valence-corrected chi connectivity index (χ2v) is 10.6. The SMILES string of the molecule is CC(=O)c1c(C)nc2sc(C(=O)c3c(=O)o[nH][n+]3-c3ccc(C)cc3)c(N)c2c1-c1ccc(C)s1. The molecule has 0 aliphatic rings. The molecule has 10 heteroatoms. The number of carbonyl (C=O) groups is 2. The van der Waals surface area contributed by atoms with E-state index in [1.54, 1.807) is 19.1 Å². The van der Waals surface area contributed by atoms with Crippen LogP contribution in [0, 0.1) is 20.8 Å². The highest BCUT2D eigenvalue weighted by Gasteiger charge is 2.35. The minimum atomic E-state index is -0.810. The van der Waals surface area contributed by atoms with Crippen molar-refractivity contribution in [3.05, 3.63) is 79.1 Å². The molecule has 5 aromatic rings. The number of nitrogens with two attached hydrogens (primary N) is 1. The summed E-state index contributed by atoms with van der Waals surface area (Å²) >= 11 is 2.63. The summed E-state index contributed by atoms with van der Waals surface area (Å²) in [6.45, 7) is 7.18. The fourth-order valence-corrected chi connectivity index (χ4v) is 6.15. The Labute approximate surface area is 207 Å². The molecule has 5 rings (SSSR count). The van der Waals surface area contributed by atoms with Crippen molar-refractivity contribution in [2.24, 2.45) is 0 Å². The maximum atomic E-state index is 13.7. The lowest BCUT2D eigenvalue weighted by Gasteiger charge is -2.11. The summed E-state index contributed by atoms with van der Waals surface area (Å²) in [5.41, 5.74) is 9.01. The smallest absolute Gasteiger partial charge is 0.397 e. The minimum absolute atomic E-state index is 0.139. The Bertz CT molecular complexity index is 1700. The van der Waals surface area contributed by atoms with Crippen molar-refractivity contribution in [1.29, 1.82) is 0 Å². The Morgan fingerprint density at radius 2 is 1.77 bits per heavy atom. The predicted octanol–water partition coefficient (Wildman–Crippen LogP) is 4.52. The summed E-state index contributed by atoms with van der Waals surface area (Å²) in [7, 11) is 0. The molecule has 0 saturated carbocycles. The van der Waals surface area contributed by atoms with Crippen LogP contribution in [0.15, 0.2) is 45.7 Å². The zero-order valence-corrected chi connectivity index (χ0v) is 21.0. The van der Waals surface area contributed by atoms with Gasteiger partial charge in [0.1, 0.15) is 9.71 Å². The third kappa shape index (κ3) is 3.71. The molecule has 4 heterocycles. The van der Waals surface area contributed by atoms with Gasteiger partial charge in [0.05, 0.1) is 11.4 Å². The molecule has 35 heavy (non-hydrogen) atoms. The summed E-state index contributed by atoms with van der Waals surface area (Å²) in [5.74, 6) is -0.726. The van der Waals surface area contributed by atoms with Gasteiger partial charge in [-0.15, -0.1) is 22.7 Å². The molecule has 0 unspecified atom stereocenters. The number of rotatable bonds is 5. The van der Waals surface area contributed by atoms with Crippen molar-refractivity contribution in [3.63, 3.8) is 0 Å². The third-order valence-corrected chi connectivity index (χ3v) is 7.87. The van der Waals surface area contributed by atoms with Gasteiger partial charge in [-0.3, -0.25) is 14.1 Å². The molecular formula is C25H21N4O4S2+. The summed E-state index contributed by atoms with van der Waals surface area (Å²) in [6, 6.07) is 11.2. The average molecular weight is 506 g/mol.